The molecule has 0 atom stereocenters. The Bertz CT molecular complexity index is 410. The Labute approximate surface area is 81.2 Å². The molecule has 0 spiro atoms. The minimum absolute atomic E-state index is 0.230. The normalized spacial score (nSPS) is 10.8. The van der Waals surface area contributed by atoms with Crippen LogP contribution in [0.1, 0.15) is 25.7 Å². The van der Waals surface area contributed by atoms with Gasteiger partial charge in [0, 0.05) is 18.3 Å². The lowest BCUT2D eigenvalue weighted by molar-refractivity contribution is 0.479. The third-order valence-electron chi connectivity index (χ3n) is 1.72. The second-order valence-electron chi connectivity index (χ2n) is 3.19. The molecule has 0 saturated heterocycles. The molecule has 14 heavy (non-hydrogen) atoms. The van der Waals surface area contributed by atoms with E-state index in [1.807, 2.05) is 13.8 Å². The zero-order chi connectivity index (χ0) is 9.97. The van der Waals surface area contributed by atoms with E-state index in [-0.39, 0.29) is 5.92 Å². The molecule has 72 valence electrons. The van der Waals surface area contributed by atoms with Crippen molar-refractivity contribution in [3.05, 3.63) is 24.5 Å². The van der Waals surface area contributed by atoms with Gasteiger partial charge in [0.25, 0.3) is 5.89 Å². The van der Waals surface area contributed by atoms with E-state index in [1.54, 1.807) is 18.6 Å². The van der Waals surface area contributed by atoms with Crippen molar-refractivity contribution in [2.24, 2.45) is 0 Å². The van der Waals surface area contributed by atoms with Gasteiger partial charge in [-0.25, -0.2) is 4.98 Å². The fourth-order valence-corrected chi connectivity index (χ4v) is 0.981. The lowest BCUT2D eigenvalue weighted by Crippen LogP contribution is -1.85. The summed E-state index contributed by atoms with van der Waals surface area (Å²) in [6.07, 6.45) is 4.79. The molecule has 5 heteroatoms. The Kier molecular flexibility index (Phi) is 2.22. The van der Waals surface area contributed by atoms with Crippen molar-refractivity contribution in [2.75, 3.05) is 0 Å². The standard InChI is InChI=1S/C9H10N4O/c1-6(2)8-12-13-9(14-8)7-5-10-3-4-11-7/h3-6H,1-2H3. The largest absolute Gasteiger partial charge is 0.419 e. The molecule has 5 nitrogen and oxygen atoms in total. The Morgan fingerprint density at radius 2 is 2.07 bits per heavy atom. The molecule has 2 rings (SSSR count). The van der Waals surface area contributed by atoms with E-state index in [2.05, 4.69) is 20.2 Å². The number of aromatic nitrogens is 4. The molecule has 0 bridgehead atoms. The van der Waals surface area contributed by atoms with Crippen molar-refractivity contribution >= 4 is 0 Å². The van der Waals surface area contributed by atoms with Gasteiger partial charge in [0.05, 0.1) is 6.20 Å². The first-order chi connectivity index (χ1) is 6.77. The highest BCUT2D eigenvalue weighted by Crippen LogP contribution is 2.18. The fourth-order valence-electron chi connectivity index (χ4n) is 0.981. The van der Waals surface area contributed by atoms with E-state index in [4.69, 9.17) is 4.42 Å². The van der Waals surface area contributed by atoms with Crippen molar-refractivity contribution in [3.63, 3.8) is 0 Å². The van der Waals surface area contributed by atoms with Crippen LogP contribution in [-0.2, 0) is 0 Å². The van der Waals surface area contributed by atoms with Crippen LogP contribution in [0, 0.1) is 0 Å². The summed E-state index contributed by atoms with van der Waals surface area (Å²) in [5.41, 5.74) is 0.604. The summed E-state index contributed by atoms with van der Waals surface area (Å²) in [7, 11) is 0. The molecule has 0 saturated carbocycles. The molecule has 0 fully saturated rings. The van der Waals surface area contributed by atoms with Crippen LogP contribution in [0.3, 0.4) is 0 Å². The maximum Gasteiger partial charge on any atom is 0.267 e. The molecule has 2 aromatic rings. The minimum atomic E-state index is 0.230. The quantitative estimate of drug-likeness (QED) is 0.720. The van der Waals surface area contributed by atoms with Gasteiger partial charge in [0.15, 0.2) is 0 Å². The minimum Gasteiger partial charge on any atom is -0.419 e. The summed E-state index contributed by atoms with van der Waals surface area (Å²) in [4.78, 5) is 7.99. The first kappa shape index (κ1) is 8.80. The van der Waals surface area contributed by atoms with Crippen LogP contribution in [-0.4, -0.2) is 20.2 Å². The van der Waals surface area contributed by atoms with Crippen molar-refractivity contribution in [1.82, 2.24) is 20.2 Å². The Balaban J connectivity index is 2.34. The maximum atomic E-state index is 5.41. The molecule has 0 aliphatic heterocycles. The molecule has 0 unspecified atom stereocenters. The maximum absolute atomic E-state index is 5.41. The summed E-state index contributed by atoms with van der Waals surface area (Å²) in [6, 6.07) is 0. The van der Waals surface area contributed by atoms with Crippen LogP contribution >= 0.6 is 0 Å². The van der Waals surface area contributed by atoms with Crippen molar-refractivity contribution in [3.8, 4) is 11.6 Å². The third kappa shape index (κ3) is 1.61. The van der Waals surface area contributed by atoms with E-state index in [0.29, 0.717) is 17.5 Å². The van der Waals surface area contributed by atoms with Gasteiger partial charge in [-0.1, -0.05) is 13.8 Å². The van der Waals surface area contributed by atoms with E-state index in [9.17, 15) is 0 Å². The predicted molar refractivity (Wildman–Crippen MR) is 49.4 cm³/mol. The summed E-state index contributed by atoms with van der Waals surface area (Å²) >= 11 is 0. The molecule has 0 radical (unpaired) electrons. The first-order valence-electron chi connectivity index (χ1n) is 4.37. The van der Waals surface area contributed by atoms with Crippen LogP contribution in [0.2, 0.25) is 0 Å². The lowest BCUT2D eigenvalue weighted by Gasteiger charge is -1.94. The molecule has 0 N–H and O–H groups in total. The predicted octanol–water partition coefficient (Wildman–Crippen LogP) is 1.65. The SMILES string of the molecule is CC(C)c1nnc(-c2cnccn2)o1. The molecule has 2 heterocycles. The second-order valence-corrected chi connectivity index (χ2v) is 3.19. The molecule has 0 amide bonds. The summed E-state index contributed by atoms with van der Waals surface area (Å²) in [5, 5.41) is 7.80. The van der Waals surface area contributed by atoms with E-state index in [1.165, 1.54) is 0 Å². The van der Waals surface area contributed by atoms with Crippen LogP contribution < -0.4 is 0 Å². The van der Waals surface area contributed by atoms with Crippen LogP contribution in [0.15, 0.2) is 23.0 Å². The monoisotopic (exact) mass is 190 g/mol. The van der Waals surface area contributed by atoms with E-state index >= 15 is 0 Å². The first-order valence-corrected chi connectivity index (χ1v) is 4.37. The highest BCUT2D eigenvalue weighted by Gasteiger charge is 2.11. The van der Waals surface area contributed by atoms with E-state index in [0.717, 1.165) is 0 Å². The van der Waals surface area contributed by atoms with Gasteiger partial charge in [-0.15, -0.1) is 10.2 Å². The third-order valence-corrected chi connectivity index (χ3v) is 1.72. The zero-order valence-electron chi connectivity index (χ0n) is 8.01. The van der Waals surface area contributed by atoms with Crippen LogP contribution in [0.25, 0.3) is 11.6 Å². The molecule has 0 aromatic carbocycles. The number of hydrogen-bond donors (Lipinski definition) is 0. The highest BCUT2D eigenvalue weighted by atomic mass is 16.4. The molecular formula is C9H10N4O. The average molecular weight is 190 g/mol. The van der Waals surface area contributed by atoms with Crippen molar-refractivity contribution < 1.29 is 4.42 Å². The summed E-state index contributed by atoms with van der Waals surface area (Å²) < 4.78 is 5.41. The van der Waals surface area contributed by atoms with Gasteiger partial charge in [0.2, 0.25) is 5.89 Å². The Morgan fingerprint density at radius 1 is 1.21 bits per heavy atom. The highest BCUT2D eigenvalue weighted by molar-refractivity contribution is 5.43. The van der Waals surface area contributed by atoms with Crippen molar-refractivity contribution in [2.45, 2.75) is 19.8 Å². The van der Waals surface area contributed by atoms with Gasteiger partial charge >= 0.3 is 0 Å². The van der Waals surface area contributed by atoms with Crippen LogP contribution in [0.5, 0.6) is 0 Å². The molecule has 2 aromatic heterocycles. The smallest absolute Gasteiger partial charge is 0.267 e. The number of nitrogens with zero attached hydrogens (tertiary/aromatic N) is 4. The fraction of sp³-hybridized carbons (Fsp3) is 0.333. The van der Waals surface area contributed by atoms with Gasteiger partial charge in [-0.3, -0.25) is 4.98 Å². The number of rotatable bonds is 2. The average Bonchev–Trinajstić information content (AvgIpc) is 2.68. The van der Waals surface area contributed by atoms with Crippen molar-refractivity contribution in [1.29, 1.82) is 0 Å². The number of hydrogen-bond acceptors (Lipinski definition) is 5. The van der Waals surface area contributed by atoms with Gasteiger partial charge in [-0.05, 0) is 0 Å². The second kappa shape index (κ2) is 3.53. The van der Waals surface area contributed by atoms with Gasteiger partial charge < -0.3 is 4.42 Å². The Hall–Kier alpha value is -1.78. The van der Waals surface area contributed by atoms with Crippen LogP contribution in [0.4, 0.5) is 0 Å². The summed E-state index contributed by atoms with van der Waals surface area (Å²) in [5.74, 6) is 1.26. The molecule has 0 aliphatic carbocycles. The zero-order valence-corrected chi connectivity index (χ0v) is 8.01. The van der Waals surface area contributed by atoms with E-state index < -0.39 is 0 Å². The Morgan fingerprint density at radius 3 is 2.64 bits per heavy atom. The molecular weight excluding hydrogens is 180 g/mol. The summed E-state index contributed by atoms with van der Waals surface area (Å²) in [6.45, 7) is 3.99. The topological polar surface area (TPSA) is 64.7 Å². The van der Waals surface area contributed by atoms with Gasteiger partial charge in [0.1, 0.15) is 5.69 Å². The molecule has 0 aliphatic rings. The lowest BCUT2D eigenvalue weighted by atomic mass is 10.2. The van der Waals surface area contributed by atoms with Gasteiger partial charge in [-0.2, -0.15) is 0 Å².